The second kappa shape index (κ2) is 7.13. The molecule has 0 bridgehead atoms. The zero-order chi connectivity index (χ0) is 7.82. The van der Waals surface area contributed by atoms with Gasteiger partial charge in [0.1, 0.15) is 6.61 Å². The molecule has 1 atom stereocenters. The Morgan fingerprint density at radius 3 is 2.70 bits per heavy atom. The van der Waals surface area contributed by atoms with Crippen molar-refractivity contribution < 1.29 is 9.09 Å². The van der Waals surface area contributed by atoms with E-state index < -0.39 is 8.18 Å². The van der Waals surface area contributed by atoms with Gasteiger partial charge >= 0.3 is 8.18 Å². The van der Waals surface area contributed by atoms with Crippen LogP contribution >= 0.6 is 8.18 Å². The Hall–Kier alpha value is 0.0200. The summed E-state index contributed by atoms with van der Waals surface area (Å²) in [5.41, 5.74) is 0. The monoisotopic (exact) mass is 164 g/mol. The van der Waals surface area contributed by atoms with E-state index in [9.17, 15) is 4.57 Å². The molecule has 0 saturated carbocycles. The molecule has 0 heterocycles. The number of rotatable bonds is 6. The largest absolute Gasteiger partial charge is 0.612 e. The van der Waals surface area contributed by atoms with Gasteiger partial charge in [-0.3, -0.25) is 0 Å². The Labute approximate surface area is 63.1 Å². The Bertz CT molecular complexity index is 97.7. The van der Waals surface area contributed by atoms with Crippen LogP contribution in [0.2, 0.25) is 0 Å². The van der Waals surface area contributed by atoms with Crippen molar-refractivity contribution in [2.75, 3.05) is 13.2 Å². The van der Waals surface area contributed by atoms with Gasteiger partial charge in [0.15, 0.2) is 0 Å². The Morgan fingerprint density at radius 2 is 2.20 bits per heavy atom. The zero-order valence-corrected chi connectivity index (χ0v) is 7.49. The van der Waals surface area contributed by atoms with Gasteiger partial charge in [-0.25, -0.2) is 0 Å². The predicted octanol–water partition coefficient (Wildman–Crippen LogP) is 2.07. The van der Waals surface area contributed by atoms with Crippen LogP contribution in [0.3, 0.4) is 0 Å². The molecule has 3 nitrogen and oxygen atoms in total. The predicted molar refractivity (Wildman–Crippen MR) is 42.1 cm³/mol. The summed E-state index contributed by atoms with van der Waals surface area (Å²) in [4.78, 5) is 0. The maximum absolute atomic E-state index is 10.7. The fourth-order valence-electron chi connectivity index (χ4n) is 0.510. The smallest absolute Gasteiger partial charge is 0.130 e. The average molecular weight is 164 g/mol. The van der Waals surface area contributed by atoms with Crippen LogP contribution < -0.4 is 5.09 Å². The number of nitrogens with one attached hydrogen (secondary N) is 1. The molecule has 0 aliphatic rings. The van der Waals surface area contributed by atoms with E-state index in [4.69, 9.17) is 4.52 Å². The van der Waals surface area contributed by atoms with Crippen molar-refractivity contribution >= 4 is 8.18 Å². The van der Waals surface area contributed by atoms with Gasteiger partial charge in [-0.15, -0.1) is 4.52 Å². The van der Waals surface area contributed by atoms with Crippen molar-refractivity contribution in [1.82, 2.24) is 5.09 Å². The summed E-state index contributed by atoms with van der Waals surface area (Å²) in [5, 5.41) is 2.77. The summed E-state index contributed by atoms with van der Waals surface area (Å²) < 4.78 is 15.5. The minimum atomic E-state index is -1.59. The van der Waals surface area contributed by atoms with E-state index in [-0.39, 0.29) is 0 Å². The van der Waals surface area contributed by atoms with Gasteiger partial charge in [-0.1, -0.05) is 18.4 Å². The highest BCUT2D eigenvalue weighted by molar-refractivity contribution is 7.36. The third kappa shape index (κ3) is 6.14. The molecule has 0 aliphatic carbocycles. The lowest BCUT2D eigenvalue weighted by molar-refractivity contribution is 0.342. The van der Waals surface area contributed by atoms with E-state index >= 15 is 0 Å². The highest BCUT2D eigenvalue weighted by atomic mass is 31.1. The van der Waals surface area contributed by atoms with Gasteiger partial charge in [0.2, 0.25) is 0 Å². The van der Waals surface area contributed by atoms with E-state index in [1.54, 1.807) is 0 Å². The molecule has 60 valence electrons. The molecule has 0 aromatic carbocycles. The first-order valence-corrected chi connectivity index (χ1v) is 4.82. The second-order valence-electron chi connectivity index (χ2n) is 1.94. The van der Waals surface area contributed by atoms with Gasteiger partial charge in [-0.05, 0) is 17.9 Å². The molecule has 0 saturated heterocycles. The Balaban J connectivity index is 3.05. The van der Waals surface area contributed by atoms with Crippen molar-refractivity contribution in [1.29, 1.82) is 0 Å². The molecule has 0 spiro atoms. The lowest BCUT2D eigenvalue weighted by atomic mass is 10.3. The molecule has 0 aromatic heterocycles. The highest BCUT2D eigenvalue weighted by Gasteiger charge is 2.13. The highest BCUT2D eigenvalue weighted by Crippen LogP contribution is 2.14. The molecule has 0 aliphatic heterocycles. The molecule has 1 N–H and O–H groups in total. The molecule has 1 unspecified atom stereocenters. The topological polar surface area (TPSA) is 38.3 Å². The first kappa shape index (κ1) is 10.0. The van der Waals surface area contributed by atoms with E-state index in [0.29, 0.717) is 6.61 Å². The van der Waals surface area contributed by atoms with E-state index in [2.05, 4.69) is 12.0 Å². The lowest BCUT2D eigenvalue weighted by Crippen LogP contribution is -2.05. The normalized spacial score (nSPS) is 11.6. The molecule has 0 aromatic rings. The van der Waals surface area contributed by atoms with Crippen molar-refractivity contribution in [3.63, 3.8) is 0 Å². The third-order valence-corrected chi connectivity index (χ3v) is 1.99. The fraction of sp³-hybridized carbons (Fsp3) is 1.00. The average Bonchev–Trinajstić information content (AvgIpc) is 1.89. The molecular formula is C6H15NO2P+. The van der Waals surface area contributed by atoms with Crippen molar-refractivity contribution in [3.8, 4) is 0 Å². The molecule has 0 rings (SSSR count). The quantitative estimate of drug-likeness (QED) is 0.482. The maximum atomic E-state index is 10.7. The van der Waals surface area contributed by atoms with Crippen LogP contribution in [-0.4, -0.2) is 13.2 Å². The number of hydrogen-bond acceptors (Lipinski definition) is 2. The minimum absolute atomic E-state index is 0.508. The summed E-state index contributed by atoms with van der Waals surface area (Å²) >= 11 is 0. The molecule has 0 amide bonds. The molecule has 0 fully saturated rings. The summed E-state index contributed by atoms with van der Waals surface area (Å²) in [7, 11) is -1.59. The van der Waals surface area contributed by atoms with Crippen LogP contribution in [0.25, 0.3) is 0 Å². The first-order chi connectivity index (χ1) is 4.81. The van der Waals surface area contributed by atoms with Crippen LogP contribution in [0, 0.1) is 0 Å². The lowest BCUT2D eigenvalue weighted by Gasteiger charge is -1.88. The fourth-order valence-corrected chi connectivity index (χ4v) is 1.18. The van der Waals surface area contributed by atoms with Crippen molar-refractivity contribution in [2.24, 2.45) is 0 Å². The van der Waals surface area contributed by atoms with Gasteiger partial charge in [0, 0.05) is 6.54 Å². The summed E-state index contributed by atoms with van der Waals surface area (Å²) in [6.07, 6.45) is 2.16. The van der Waals surface area contributed by atoms with Crippen LogP contribution in [-0.2, 0) is 9.09 Å². The van der Waals surface area contributed by atoms with Gasteiger partial charge < -0.3 is 0 Å². The second-order valence-corrected chi connectivity index (χ2v) is 3.03. The molecule has 10 heavy (non-hydrogen) atoms. The third-order valence-electron chi connectivity index (χ3n) is 1.02. The molecule has 4 heteroatoms. The van der Waals surface area contributed by atoms with E-state index in [1.165, 1.54) is 0 Å². The Kier molecular flexibility index (Phi) is 7.15. The van der Waals surface area contributed by atoms with Crippen molar-refractivity contribution in [3.05, 3.63) is 0 Å². The van der Waals surface area contributed by atoms with Crippen LogP contribution in [0.1, 0.15) is 26.7 Å². The van der Waals surface area contributed by atoms with E-state index in [0.717, 1.165) is 19.4 Å². The van der Waals surface area contributed by atoms with Gasteiger partial charge in [0.25, 0.3) is 0 Å². The minimum Gasteiger partial charge on any atom is -0.130 e. The number of unbranched alkanes of at least 4 members (excludes halogenated alkanes) is 1. The van der Waals surface area contributed by atoms with Crippen LogP contribution in [0.15, 0.2) is 0 Å². The maximum Gasteiger partial charge on any atom is 0.612 e. The first-order valence-electron chi connectivity index (χ1n) is 3.65. The van der Waals surface area contributed by atoms with E-state index in [1.807, 2.05) is 6.92 Å². The zero-order valence-electron chi connectivity index (χ0n) is 6.59. The number of hydrogen-bond donors (Lipinski definition) is 1. The van der Waals surface area contributed by atoms with Gasteiger partial charge in [0.05, 0.1) is 0 Å². The standard InChI is InChI=1S/C6H15NO2P/c1-3-5-6-7-10(8)9-4-2/h3-6H2,1-2H3,(H,7,8)/q+1. The molecular weight excluding hydrogens is 149 g/mol. The van der Waals surface area contributed by atoms with Gasteiger partial charge in [-0.2, -0.15) is 0 Å². The van der Waals surface area contributed by atoms with Crippen molar-refractivity contribution in [2.45, 2.75) is 26.7 Å². The molecule has 0 radical (unpaired) electrons. The SMILES string of the molecule is CCCCN[P+](=O)OCC. The summed E-state index contributed by atoms with van der Waals surface area (Å²) in [5.74, 6) is 0. The summed E-state index contributed by atoms with van der Waals surface area (Å²) in [6, 6.07) is 0. The summed E-state index contributed by atoms with van der Waals surface area (Å²) in [6.45, 7) is 5.21. The van der Waals surface area contributed by atoms with Crippen LogP contribution in [0.4, 0.5) is 0 Å². The Morgan fingerprint density at radius 1 is 1.50 bits per heavy atom. The van der Waals surface area contributed by atoms with Crippen LogP contribution in [0.5, 0.6) is 0 Å².